The van der Waals surface area contributed by atoms with Gasteiger partial charge in [0.25, 0.3) is 5.91 Å². The lowest BCUT2D eigenvalue weighted by Crippen LogP contribution is -2.32. The molecule has 2 aromatic rings. The van der Waals surface area contributed by atoms with Crippen molar-refractivity contribution in [2.75, 3.05) is 18.6 Å². The Labute approximate surface area is 148 Å². The second-order valence-electron chi connectivity index (χ2n) is 6.37. The number of fused-ring (bicyclic) bond motifs is 1. The molecule has 5 nitrogen and oxygen atoms in total. The maximum atomic E-state index is 13.3. The molecule has 0 saturated heterocycles. The number of aryl methyl sites for hydroxylation is 2. The van der Waals surface area contributed by atoms with Crippen LogP contribution in [0.25, 0.3) is 0 Å². The number of benzene rings is 1. The van der Waals surface area contributed by atoms with Gasteiger partial charge in [0.1, 0.15) is 5.69 Å². The van der Waals surface area contributed by atoms with E-state index in [1.807, 2.05) is 30.0 Å². The smallest absolute Gasteiger partial charge is 0.339 e. The lowest BCUT2D eigenvalue weighted by Gasteiger charge is -2.22. The molecule has 0 spiro atoms. The predicted octanol–water partition coefficient (Wildman–Crippen LogP) is 3.66. The van der Waals surface area contributed by atoms with E-state index in [4.69, 9.17) is 4.74 Å². The van der Waals surface area contributed by atoms with E-state index in [0.29, 0.717) is 29.8 Å². The molecule has 0 bridgehead atoms. The van der Waals surface area contributed by atoms with Crippen molar-refractivity contribution in [1.82, 2.24) is 4.98 Å². The third kappa shape index (κ3) is 3.06. The van der Waals surface area contributed by atoms with Crippen LogP contribution in [-0.4, -0.2) is 30.5 Å². The molecule has 0 radical (unpaired) electrons. The standard InChI is InChI=1S/C20H24N2O3/c1-4-15-17(20(24)25-3)13(2)18(21-15)19(23)22-12-8-7-10-14-9-5-6-11-16(14)22/h5-6,9,11,21H,4,7-8,10,12H2,1-3H3. The molecule has 0 unspecified atom stereocenters. The zero-order chi connectivity index (χ0) is 18.0. The van der Waals surface area contributed by atoms with E-state index < -0.39 is 5.97 Å². The zero-order valence-corrected chi connectivity index (χ0v) is 15.0. The van der Waals surface area contributed by atoms with Crippen LogP contribution in [-0.2, 0) is 17.6 Å². The first-order valence-electron chi connectivity index (χ1n) is 8.78. The second kappa shape index (κ2) is 7.13. The minimum Gasteiger partial charge on any atom is -0.465 e. The number of esters is 1. The number of hydrogen-bond acceptors (Lipinski definition) is 3. The molecule has 5 heteroatoms. The Bertz CT molecular complexity index is 807. The fourth-order valence-electron chi connectivity index (χ4n) is 3.55. The first-order valence-corrected chi connectivity index (χ1v) is 8.78. The quantitative estimate of drug-likeness (QED) is 0.868. The summed E-state index contributed by atoms with van der Waals surface area (Å²) >= 11 is 0. The van der Waals surface area contributed by atoms with Crippen molar-refractivity contribution in [3.8, 4) is 0 Å². The van der Waals surface area contributed by atoms with Crippen LogP contribution in [0.4, 0.5) is 5.69 Å². The largest absolute Gasteiger partial charge is 0.465 e. The number of aromatic amines is 1. The van der Waals surface area contributed by atoms with Crippen molar-refractivity contribution < 1.29 is 14.3 Å². The molecular formula is C20H24N2O3. The van der Waals surface area contributed by atoms with Gasteiger partial charge in [-0.25, -0.2) is 4.79 Å². The van der Waals surface area contributed by atoms with E-state index in [9.17, 15) is 9.59 Å². The van der Waals surface area contributed by atoms with E-state index in [1.54, 1.807) is 6.92 Å². The van der Waals surface area contributed by atoms with Gasteiger partial charge in [-0.1, -0.05) is 25.1 Å². The maximum absolute atomic E-state index is 13.3. The van der Waals surface area contributed by atoms with Gasteiger partial charge in [-0.2, -0.15) is 0 Å². The van der Waals surface area contributed by atoms with Crippen LogP contribution in [0.5, 0.6) is 0 Å². The monoisotopic (exact) mass is 340 g/mol. The lowest BCUT2D eigenvalue weighted by atomic mass is 10.1. The molecule has 0 saturated carbocycles. The summed E-state index contributed by atoms with van der Waals surface area (Å²) in [6, 6.07) is 8.05. The van der Waals surface area contributed by atoms with Gasteiger partial charge in [0, 0.05) is 17.9 Å². The van der Waals surface area contributed by atoms with Gasteiger partial charge in [0.05, 0.1) is 12.7 Å². The Kier molecular flexibility index (Phi) is 4.93. The Balaban J connectivity index is 2.04. The highest BCUT2D eigenvalue weighted by Gasteiger charge is 2.28. The van der Waals surface area contributed by atoms with Gasteiger partial charge in [0.15, 0.2) is 0 Å². The minimum atomic E-state index is -0.402. The molecule has 25 heavy (non-hydrogen) atoms. The fraction of sp³-hybridized carbons (Fsp3) is 0.400. The zero-order valence-electron chi connectivity index (χ0n) is 15.0. The normalized spacial score (nSPS) is 14.0. The summed E-state index contributed by atoms with van der Waals surface area (Å²) in [5.41, 5.74) is 4.54. The number of hydrogen-bond donors (Lipinski definition) is 1. The Hall–Kier alpha value is -2.56. The number of amides is 1. The van der Waals surface area contributed by atoms with Crippen molar-refractivity contribution in [2.24, 2.45) is 0 Å². The average Bonchev–Trinajstić information content (AvgIpc) is 2.83. The van der Waals surface area contributed by atoms with E-state index in [1.165, 1.54) is 12.7 Å². The van der Waals surface area contributed by atoms with Crippen molar-refractivity contribution in [3.63, 3.8) is 0 Å². The van der Waals surface area contributed by atoms with Gasteiger partial charge in [-0.05, 0) is 49.8 Å². The second-order valence-corrected chi connectivity index (χ2v) is 6.37. The van der Waals surface area contributed by atoms with Crippen molar-refractivity contribution in [2.45, 2.75) is 39.5 Å². The van der Waals surface area contributed by atoms with Crippen LogP contribution in [0.15, 0.2) is 24.3 Å². The molecule has 0 fully saturated rings. The molecule has 2 heterocycles. The maximum Gasteiger partial charge on any atom is 0.339 e. The lowest BCUT2D eigenvalue weighted by molar-refractivity contribution is 0.0599. The molecule has 1 aromatic carbocycles. The topological polar surface area (TPSA) is 62.4 Å². The summed E-state index contributed by atoms with van der Waals surface area (Å²) < 4.78 is 4.89. The molecule has 1 aromatic heterocycles. The average molecular weight is 340 g/mol. The number of rotatable bonds is 3. The summed E-state index contributed by atoms with van der Waals surface area (Å²) in [5.74, 6) is -0.488. The minimum absolute atomic E-state index is 0.0864. The number of para-hydroxylation sites is 1. The molecule has 0 atom stereocenters. The number of nitrogens with one attached hydrogen (secondary N) is 1. The van der Waals surface area contributed by atoms with E-state index >= 15 is 0 Å². The van der Waals surface area contributed by atoms with Crippen molar-refractivity contribution >= 4 is 17.6 Å². The molecule has 1 aliphatic heterocycles. The van der Waals surface area contributed by atoms with E-state index in [0.717, 1.165) is 30.6 Å². The fourth-order valence-corrected chi connectivity index (χ4v) is 3.55. The van der Waals surface area contributed by atoms with Crippen LogP contribution in [0, 0.1) is 6.92 Å². The van der Waals surface area contributed by atoms with Gasteiger partial charge in [-0.3, -0.25) is 4.79 Å². The van der Waals surface area contributed by atoms with Crippen LogP contribution < -0.4 is 4.90 Å². The molecule has 1 N–H and O–H groups in total. The summed E-state index contributed by atoms with van der Waals surface area (Å²) in [6.07, 6.45) is 3.65. The number of aromatic nitrogens is 1. The van der Waals surface area contributed by atoms with Crippen molar-refractivity contribution in [1.29, 1.82) is 0 Å². The van der Waals surface area contributed by atoms with Crippen LogP contribution in [0.1, 0.15) is 57.4 Å². The number of anilines is 1. The van der Waals surface area contributed by atoms with Gasteiger partial charge in [-0.15, -0.1) is 0 Å². The molecule has 132 valence electrons. The highest BCUT2D eigenvalue weighted by atomic mass is 16.5. The summed E-state index contributed by atoms with van der Waals surface area (Å²) in [5, 5.41) is 0. The number of nitrogens with zero attached hydrogens (tertiary/aromatic N) is 1. The Morgan fingerprint density at radius 1 is 1.24 bits per heavy atom. The molecule has 0 aliphatic carbocycles. The SMILES string of the molecule is CCc1[nH]c(C(=O)N2CCCCc3ccccc32)c(C)c1C(=O)OC. The van der Waals surface area contributed by atoms with E-state index in [-0.39, 0.29) is 5.91 Å². The first kappa shape index (κ1) is 17.3. The number of carbonyl (C=O) groups is 2. The summed E-state index contributed by atoms with van der Waals surface area (Å²) in [6.45, 7) is 4.44. The van der Waals surface area contributed by atoms with Gasteiger partial charge < -0.3 is 14.6 Å². The number of carbonyl (C=O) groups excluding carboxylic acids is 2. The van der Waals surface area contributed by atoms with E-state index in [2.05, 4.69) is 11.1 Å². The molecular weight excluding hydrogens is 316 g/mol. The molecule has 1 aliphatic rings. The molecule has 1 amide bonds. The highest BCUT2D eigenvalue weighted by Crippen LogP contribution is 2.29. The van der Waals surface area contributed by atoms with Crippen LogP contribution in [0.3, 0.4) is 0 Å². The van der Waals surface area contributed by atoms with Crippen LogP contribution >= 0.6 is 0 Å². The van der Waals surface area contributed by atoms with Gasteiger partial charge in [0.2, 0.25) is 0 Å². The Morgan fingerprint density at radius 3 is 2.72 bits per heavy atom. The summed E-state index contributed by atoms with van der Waals surface area (Å²) in [4.78, 5) is 30.4. The van der Waals surface area contributed by atoms with Crippen molar-refractivity contribution in [3.05, 3.63) is 52.3 Å². The van der Waals surface area contributed by atoms with Gasteiger partial charge >= 0.3 is 5.97 Å². The Morgan fingerprint density at radius 2 is 2.00 bits per heavy atom. The molecule has 3 rings (SSSR count). The number of ether oxygens (including phenoxy) is 1. The first-order chi connectivity index (χ1) is 12.1. The number of H-pyrrole nitrogens is 1. The number of methoxy groups -OCH3 is 1. The summed E-state index contributed by atoms with van der Waals surface area (Å²) in [7, 11) is 1.36. The predicted molar refractivity (Wildman–Crippen MR) is 97.3 cm³/mol. The third-order valence-corrected chi connectivity index (χ3v) is 4.89. The van der Waals surface area contributed by atoms with Crippen LogP contribution in [0.2, 0.25) is 0 Å². The third-order valence-electron chi connectivity index (χ3n) is 4.89. The highest BCUT2D eigenvalue weighted by molar-refractivity contribution is 6.08.